The van der Waals surface area contributed by atoms with Crippen LogP contribution >= 0.6 is 0 Å². The molecule has 1 amide bonds. The topological polar surface area (TPSA) is 91.2 Å². The number of aromatic nitrogens is 2. The second kappa shape index (κ2) is 6.76. The molecule has 7 nitrogen and oxygen atoms in total. The second-order valence-electron chi connectivity index (χ2n) is 6.62. The Kier molecular flexibility index (Phi) is 4.30. The van der Waals surface area contributed by atoms with Crippen LogP contribution in [-0.2, 0) is 6.54 Å². The lowest BCUT2D eigenvalue weighted by Gasteiger charge is -2.16. The van der Waals surface area contributed by atoms with Crippen LogP contribution < -0.4 is 10.9 Å². The van der Waals surface area contributed by atoms with E-state index in [1.165, 1.54) is 11.9 Å². The molecule has 0 unspecified atom stereocenters. The quantitative estimate of drug-likeness (QED) is 0.747. The van der Waals surface area contributed by atoms with E-state index in [1.807, 2.05) is 18.2 Å². The van der Waals surface area contributed by atoms with Crippen molar-refractivity contribution in [3.8, 4) is 0 Å². The van der Waals surface area contributed by atoms with Gasteiger partial charge in [-0.1, -0.05) is 30.3 Å². The molecule has 134 valence electrons. The molecule has 1 aliphatic heterocycles. The number of carbonyl (C=O) groups excluding carboxylic acids is 1. The molecular weight excluding hydrogens is 332 g/mol. The van der Waals surface area contributed by atoms with Gasteiger partial charge >= 0.3 is 0 Å². The number of benzene rings is 1. The highest BCUT2D eigenvalue weighted by molar-refractivity contribution is 6.06. The molecule has 0 spiro atoms. The summed E-state index contributed by atoms with van der Waals surface area (Å²) < 4.78 is 5.46. The van der Waals surface area contributed by atoms with E-state index in [4.69, 9.17) is 4.42 Å². The Morgan fingerprint density at radius 1 is 1.38 bits per heavy atom. The van der Waals surface area contributed by atoms with Crippen molar-refractivity contribution in [1.29, 1.82) is 0 Å². The van der Waals surface area contributed by atoms with Gasteiger partial charge in [-0.2, -0.15) is 0 Å². The molecule has 1 atom stereocenters. The second-order valence-corrected chi connectivity index (χ2v) is 6.62. The van der Waals surface area contributed by atoms with Crippen molar-refractivity contribution < 1.29 is 9.21 Å². The van der Waals surface area contributed by atoms with Gasteiger partial charge in [0.15, 0.2) is 0 Å². The average molecular weight is 352 g/mol. The Morgan fingerprint density at radius 3 is 3.00 bits per heavy atom. The maximum absolute atomic E-state index is 12.7. The highest BCUT2D eigenvalue weighted by Crippen LogP contribution is 2.21. The van der Waals surface area contributed by atoms with Crippen LogP contribution in [0, 0.1) is 6.92 Å². The smallest absolute Gasteiger partial charge is 0.262 e. The van der Waals surface area contributed by atoms with Crippen LogP contribution in [0.3, 0.4) is 0 Å². The zero-order valence-electron chi connectivity index (χ0n) is 14.5. The van der Waals surface area contributed by atoms with Crippen LogP contribution in [0.4, 0.5) is 0 Å². The summed E-state index contributed by atoms with van der Waals surface area (Å²) in [6, 6.07) is 10.3. The third kappa shape index (κ3) is 3.13. The number of fused-ring (bicyclic) bond motifs is 1. The number of nitrogens with one attached hydrogen (secondary N) is 2. The first kappa shape index (κ1) is 16.5. The van der Waals surface area contributed by atoms with Crippen LogP contribution in [0.5, 0.6) is 0 Å². The summed E-state index contributed by atoms with van der Waals surface area (Å²) in [5.41, 5.74) is 1.35. The van der Waals surface area contributed by atoms with E-state index in [0.29, 0.717) is 5.76 Å². The van der Waals surface area contributed by atoms with Crippen LogP contribution in [0.25, 0.3) is 11.1 Å². The predicted octanol–water partition coefficient (Wildman–Crippen LogP) is 1.83. The number of carbonyl (C=O) groups is 1. The summed E-state index contributed by atoms with van der Waals surface area (Å²) >= 11 is 0. The molecule has 3 aromatic rings. The third-order valence-electron chi connectivity index (χ3n) is 4.75. The van der Waals surface area contributed by atoms with Crippen molar-refractivity contribution in [3.05, 3.63) is 63.9 Å². The first-order chi connectivity index (χ1) is 12.6. The lowest BCUT2D eigenvalue weighted by molar-refractivity contribution is 0.0937. The fourth-order valence-corrected chi connectivity index (χ4v) is 3.52. The maximum Gasteiger partial charge on any atom is 0.262 e. The SMILES string of the molecule is Cc1oc2nc[nH]c(=O)c2c1C(=O)N[C@@H]1CCN(Cc2ccccc2)C1. The van der Waals surface area contributed by atoms with Crippen LogP contribution in [0.1, 0.15) is 28.1 Å². The van der Waals surface area contributed by atoms with Crippen LogP contribution in [0.2, 0.25) is 0 Å². The van der Waals surface area contributed by atoms with E-state index in [1.54, 1.807) is 6.92 Å². The van der Waals surface area contributed by atoms with E-state index in [9.17, 15) is 9.59 Å². The van der Waals surface area contributed by atoms with Gasteiger partial charge in [-0.3, -0.25) is 14.5 Å². The van der Waals surface area contributed by atoms with Gasteiger partial charge in [0.05, 0.1) is 11.9 Å². The van der Waals surface area contributed by atoms with Crippen molar-refractivity contribution >= 4 is 17.0 Å². The van der Waals surface area contributed by atoms with Crippen molar-refractivity contribution in [2.45, 2.75) is 25.9 Å². The minimum absolute atomic E-state index is 0.0475. The standard InChI is InChI=1S/C19H20N4O3/c1-12-15(16-17(24)20-11-21-19(16)26-12)18(25)22-14-7-8-23(10-14)9-13-5-3-2-4-6-13/h2-6,11,14H,7-10H2,1H3,(H,22,25)(H,20,21,24)/t14-/m1/s1. The molecule has 0 saturated carbocycles. The van der Waals surface area contributed by atoms with E-state index >= 15 is 0 Å². The van der Waals surface area contributed by atoms with Gasteiger partial charge in [-0.05, 0) is 18.9 Å². The Morgan fingerprint density at radius 2 is 2.19 bits per heavy atom. The zero-order valence-corrected chi connectivity index (χ0v) is 14.5. The van der Waals surface area contributed by atoms with Crippen LogP contribution in [0.15, 0.2) is 45.9 Å². The molecule has 2 N–H and O–H groups in total. The highest BCUT2D eigenvalue weighted by Gasteiger charge is 2.27. The Labute approximate surface area is 150 Å². The monoisotopic (exact) mass is 352 g/mol. The Hall–Kier alpha value is -2.93. The number of rotatable bonds is 4. The number of hydrogen-bond donors (Lipinski definition) is 2. The lowest BCUT2D eigenvalue weighted by Crippen LogP contribution is -2.37. The predicted molar refractivity (Wildman–Crippen MR) is 97.0 cm³/mol. The van der Waals surface area contributed by atoms with Gasteiger partial charge in [-0.15, -0.1) is 0 Å². The number of aromatic amines is 1. The fraction of sp³-hybridized carbons (Fsp3) is 0.316. The largest absolute Gasteiger partial charge is 0.442 e. The first-order valence-electron chi connectivity index (χ1n) is 8.66. The summed E-state index contributed by atoms with van der Waals surface area (Å²) in [5, 5.41) is 3.25. The number of aryl methyl sites for hydroxylation is 1. The summed E-state index contributed by atoms with van der Waals surface area (Å²) in [4.78, 5) is 33.6. The van der Waals surface area contributed by atoms with Crippen molar-refractivity contribution in [2.75, 3.05) is 13.1 Å². The van der Waals surface area contributed by atoms with Crippen LogP contribution in [-0.4, -0.2) is 39.9 Å². The minimum Gasteiger partial charge on any atom is -0.442 e. The summed E-state index contributed by atoms with van der Waals surface area (Å²) in [6.07, 6.45) is 2.15. The van der Waals surface area contributed by atoms with Crippen molar-refractivity contribution in [1.82, 2.24) is 20.2 Å². The number of amides is 1. The summed E-state index contributed by atoms with van der Waals surface area (Å²) in [5.74, 6) is 0.118. The van der Waals surface area contributed by atoms with Crippen molar-refractivity contribution in [2.24, 2.45) is 0 Å². The van der Waals surface area contributed by atoms with E-state index in [0.717, 1.165) is 26.1 Å². The van der Waals surface area contributed by atoms with Gasteiger partial charge < -0.3 is 14.7 Å². The van der Waals surface area contributed by atoms with E-state index in [2.05, 4.69) is 32.3 Å². The number of furan rings is 1. The maximum atomic E-state index is 12.7. The molecule has 1 saturated heterocycles. The van der Waals surface area contributed by atoms with Gasteiger partial charge in [-0.25, -0.2) is 4.98 Å². The van der Waals surface area contributed by atoms with Crippen molar-refractivity contribution in [3.63, 3.8) is 0 Å². The molecule has 4 rings (SSSR count). The number of nitrogens with zero attached hydrogens (tertiary/aromatic N) is 2. The average Bonchev–Trinajstić information content (AvgIpc) is 3.20. The number of likely N-dealkylation sites (tertiary alicyclic amines) is 1. The van der Waals surface area contributed by atoms with E-state index in [-0.39, 0.29) is 34.2 Å². The zero-order chi connectivity index (χ0) is 18.1. The van der Waals surface area contributed by atoms with E-state index < -0.39 is 0 Å². The molecule has 26 heavy (non-hydrogen) atoms. The van der Waals surface area contributed by atoms with Gasteiger partial charge in [0.1, 0.15) is 11.1 Å². The highest BCUT2D eigenvalue weighted by atomic mass is 16.3. The molecule has 1 aliphatic rings. The lowest BCUT2D eigenvalue weighted by atomic mass is 10.1. The molecule has 3 heterocycles. The molecule has 2 aromatic heterocycles. The van der Waals surface area contributed by atoms with Gasteiger partial charge in [0.2, 0.25) is 5.71 Å². The Balaban J connectivity index is 1.46. The summed E-state index contributed by atoms with van der Waals surface area (Å²) in [7, 11) is 0. The minimum atomic E-state index is -0.367. The molecule has 0 aliphatic carbocycles. The summed E-state index contributed by atoms with van der Waals surface area (Å²) in [6.45, 7) is 4.24. The number of hydrogen-bond acceptors (Lipinski definition) is 5. The third-order valence-corrected chi connectivity index (χ3v) is 4.75. The normalized spacial score (nSPS) is 17.7. The molecular formula is C19H20N4O3. The number of H-pyrrole nitrogens is 1. The Bertz CT molecular complexity index is 993. The van der Waals surface area contributed by atoms with Gasteiger partial charge in [0, 0.05) is 25.7 Å². The fourth-order valence-electron chi connectivity index (χ4n) is 3.52. The molecule has 7 heteroatoms. The van der Waals surface area contributed by atoms with Gasteiger partial charge in [0.25, 0.3) is 11.5 Å². The molecule has 1 aromatic carbocycles. The molecule has 1 fully saturated rings. The molecule has 0 bridgehead atoms. The first-order valence-corrected chi connectivity index (χ1v) is 8.66. The molecule has 0 radical (unpaired) electrons.